The van der Waals surface area contributed by atoms with Gasteiger partial charge in [0.15, 0.2) is 5.96 Å². The summed E-state index contributed by atoms with van der Waals surface area (Å²) in [6.45, 7) is 13.6. The van der Waals surface area contributed by atoms with Gasteiger partial charge < -0.3 is 15.1 Å². The highest BCUT2D eigenvalue weighted by Crippen LogP contribution is 2.15. The maximum atomic E-state index is 12.8. The zero-order chi connectivity index (χ0) is 23.1. The fraction of sp³-hybridized carbons (Fsp3) is 0.680. The summed E-state index contributed by atoms with van der Waals surface area (Å²) in [4.78, 5) is 26.3. The maximum absolute atomic E-state index is 12.8. The van der Waals surface area contributed by atoms with Crippen LogP contribution < -0.4 is 5.32 Å². The number of piperazine rings is 1. The number of hydrogen-bond donors (Lipinski definition) is 1. The first-order valence-electron chi connectivity index (χ1n) is 12.2. The second-order valence-electron chi connectivity index (χ2n) is 9.41. The van der Waals surface area contributed by atoms with Gasteiger partial charge in [-0.3, -0.25) is 19.6 Å². The third-order valence-corrected chi connectivity index (χ3v) is 7.01. The third kappa shape index (κ3) is 6.23. The van der Waals surface area contributed by atoms with Crippen molar-refractivity contribution in [2.75, 3.05) is 53.4 Å². The summed E-state index contributed by atoms with van der Waals surface area (Å²) in [7, 11) is 4.02. The van der Waals surface area contributed by atoms with Gasteiger partial charge in [0, 0.05) is 65.4 Å². The van der Waals surface area contributed by atoms with Crippen molar-refractivity contribution in [1.29, 1.82) is 0 Å². The highest BCUT2D eigenvalue weighted by Gasteiger charge is 2.30. The van der Waals surface area contributed by atoms with Crippen LogP contribution in [0.1, 0.15) is 44.7 Å². The Balaban J connectivity index is 1.52. The number of benzene rings is 1. The Morgan fingerprint density at radius 1 is 1.00 bits per heavy atom. The summed E-state index contributed by atoms with van der Waals surface area (Å²) in [6.07, 6.45) is 2.29. The summed E-state index contributed by atoms with van der Waals surface area (Å²) in [6, 6.07) is 9.13. The monoisotopic (exact) mass is 442 g/mol. The molecule has 0 radical (unpaired) electrons. The van der Waals surface area contributed by atoms with Gasteiger partial charge in [0.1, 0.15) is 0 Å². The van der Waals surface area contributed by atoms with Crippen molar-refractivity contribution in [3.05, 3.63) is 35.4 Å². The smallest absolute Gasteiger partial charge is 0.239 e. The van der Waals surface area contributed by atoms with Gasteiger partial charge in [-0.1, -0.05) is 24.3 Å². The van der Waals surface area contributed by atoms with Crippen molar-refractivity contribution in [2.24, 2.45) is 4.99 Å². The molecule has 7 heteroatoms. The number of rotatable bonds is 7. The minimum Gasteiger partial charge on any atom is -0.352 e. The molecule has 0 saturated carbocycles. The maximum Gasteiger partial charge on any atom is 0.239 e. The highest BCUT2D eigenvalue weighted by molar-refractivity contribution is 5.82. The molecule has 1 unspecified atom stereocenters. The van der Waals surface area contributed by atoms with E-state index in [0.29, 0.717) is 11.9 Å². The Kier molecular flexibility index (Phi) is 8.93. The van der Waals surface area contributed by atoms with E-state index < -0.39 is 0 Å². The van der Waals surface area contributed by atoms with Crippen LogP contribution in [-0.2, 0) is 17.9 Å². The van der Waals surface area contributed by atoms with E-state index in [0.717, 1.165) is 71.2 Å². The molecule has 1 atom stereocenters. The predicted molar refractivity (Wildman–Crippen MR) is 132 cm³/mol. The summed E-state index contributed by atoms with van der Waals surface area (Å²) in [5, 5.41) is 3.57. The molecule has 0 bridgehead atoms. The molecule has 0 spiro atoms. The molecule has 2 aliphatic rings. The van der Waals surface area contributed by atoms with E-state index in [4.69, 9.17) is 0 Å². The minimum absolute atomic E-state index is 0.0324. The van der Waals surface area contributed by atoms with Crippen LogP contribution in [0.25, 0.3) is 0 Å². The Bertz CT molecular complexity index is 765. The van der Waals surface area contributed by atoms with Crippen molar-refractivity contribution in [3.63, 3.8) is 0 Å². The first-order chi connectivity index (χ1) is 15.4. The van der Waals surface area contributed by atoms with Gasteiger partial charge in [-0.05, 0) is 51.8 Å². The summed E-state index contributed by atoms with van der Waals surface area (Å²) in [5.74, 6) is 1.23. The second kappa shape index (κ2) is 11.7. The van der Waals surface area contributed by atoms with Crippen molar-refractivity contribution in [1.82, 2.24) is 24.9 Å². The molecule has 1 aromatic carbocycles. The van der Waals surface area contributed by atoms with E-state index in [1.54, 1.807) is 0 Å². The average molecular weight is 443 g/mol. The van der Waals surface area contributed by atoms with Crippen LogP contribution in [0.3, 0.4) is 0 Å². The number of carbonyl (C=O) groups is 1. The molecule has 1 N–H and O–H groups in total. The average Bonchev–Trinajstić information content (AvgIpc) is 3.35. The van der Waals surface area contributed by atoms with E-state index in [2.05, 4.69) is 77.1 Å². The third-order valence-electron chi connectivity index (χ3n) is 7.01. The number of nitrogens with one attached hydrogen (secondary N) is 1. The van der Waals surface area contributed by atoms with Crippen molar-refractivity contribution < 1.29 is 4.79 Å². The molecule has 2 aliphatic heterocycles. The first kappa shape index (κ1) is 24.5. The van der Waals surface area contributed by atoms with Crippen molar-refractivity contribution in [2.45, 2.75) is 58.8 Å². The summed E-state index contributed by atoms with van der Waals surface area (Å²) >= 11 is 0. The van der Waals surface area contributed by atoms with E-state index in [1.165, 1.54) is 11.1 Å². The molecule has 2 saturated heterocycles. The molecular formula is C25H42N6O. The number of carbonyl (C=O) groups excluding carboxylic acids is 1. The molecule has 178 valence electrons. The SMILES string of the molecule is CN=C(NCc1ccccc1CN(C)C(C)C)N1CCN(C(C)C(=O)N2CCCC2)CC1. The number of guanidine groups is 1. The number of hydrogen-bond acceptors (Lipinski definition) is 4. The van der Waals surface area contributed by atoms with E-state index in [1.807, 2.05) is 11.9 Å². The lowest BCUT2D eigenvalue weighted by Crippen LogP contribution is -2.57. The van der Waals surface area contributed by atoms with Crippen LogP contribution in [0.2, 0.25) is 0 Å². The quantitative estimate of drug-likeness (QED) is 0.518. The Morgan fingerprint density at radius 3 is 2.22 bits per heavy atom. The molecule has 0 aromatic heterocycles. The number of aliphatic imine (C=N–C) groups is 1. The minimum atomic E-state index is -0.0324. The lowest BCUT2D eigenvalue weighted by atomic mass is 10.1. The largest absolute Gasteiger partial charge is 0.352 e. The van der Waals surface area contributed by atoms with Crippen LogP contribution in [-0.4, -0.2) is 96.9 Å². The fourth-order valence-corrected chi connectivity index (χ4v) is 4.52. The Labute approximate surface area is 194 Å². The zero-order valence-electron chi connectivity index (χ0n) is 20.7. The zero-order valence-corrected chi connectivity index (χ0v) is 20.7. The molecule has 1 aromatic rings. The van der Waals surface area contributed by atoms with Gasteiger partial charge in [0.05, 0.1) is 6.04 Å². The van der Waals surface area contributed by atoms with Gasteiger partial charge in [-0.2, -0.15) is 0 Å². The van der Waals surface area contributed by atoms with Crippen molar-refractivity contribution in [3.8, 4) is 0 Å². The Hall–Kier alpha value is -2.12. The first-order valence-corrected chi connectivity index (χ1v) is 12.2. The molecule has 3 rings (SSSR count). The molecule has 1 amide bonds. The van der Waals surface area contributed by atoms with Crippen LogP contribution in [0.5, 0.6) is 0 Å². The Morgan fingerprint density at radius 2 is 1.62 bits per heavy atom. The highest BCUT2D eigenvalue weighted by atomic mass is 16.2. The molecule has 2 fully saturated rings. The van der Waals surface area contributed by atoms with E-state index in [9.17, 15) is 4.79 Å². The van der Waals surface area contributed by atoms with Gasteiger partial charge in [0.2, 0.25) is 5.91 Å². The van der Waals surface area contributed by atoms with Crippen LogP contribution >= 0.6 is 0 Å². The topological polar surface area (TPSA) is 54.4 Å². The lowest BCUT2D eigenvalue weighted by molar-refractivity contribution is -0.135. The fourth-order valence-electron chi connectivity index (χ4n) is 4.52. The normalized spacial score (nSPS) is 19.2. The lowest BCUT2D eigenvalue weighted by Gasteiger charge is -2.39. The van der Waals surface area contributed by atoms with Gasteiger partial charge in [-0.25, -0.2) is 0 Å². The van der Waals surface area contributed by atoms with Crippen LogP contribution in [0.15, 0.2) is 29.3 Å². The van der Waals surface area contributed by atoms with Gasteiger partial charge in [0.25, 0.3) is 0 Å². The molecule has 2 heterocycles. The molecule has 0 aliphatic carbocycles. The molecular weight excluding hydrogens is 400 g/mol. The van der Waals surface area contributed by atoms with Gasteiger partial charge >= 0.3 is 0 Å². The van der Waals surface area contributed by atoms with Crippen molar-refractivity contribution >= 4 is 11.9 Å². The number of likely N-dealkylation sites (tertiary alicyclic amines) is 1. The van der Waals surface area contributed by atoms with Gasteiger partial charge in [-0.15, -0.1) is 0 Å². The summed E-state index contributed by atoms with van der Waals surface area (Å²) < 4.78 is 0. The van der Waals surface area contributed by atoms with E-state index in [-0.39, 0.29) is 6.04 Å². The number of nitrogens with zero attached hydrogens (tertiary/aromatic N) is 5. The second-order valence-corrected chi connectivity index (χ2v) is 9.41. The standard InChI is InChI=1S/C25H42N6O/c1-20(2)28(5)19-23-11-7-6-10-22(23)18-27-25(26-4)31-16-14-29(15-17-31)21(3)24(32)30-12-8-9-13-30/h6-7,10-11,20-21H,8-9,12-19H2,1-5H3,(H,26,27). The van der Waals surface area contributed by atoms with E-state index >= 15 is 0 Å². The van der Waals surface area contributed by atoms with Crippen LogP contribution in [0.4, 0.5) is 0 Å². The predicted octanol–water partition coefficient (Wildman–Crippen LogP) is 2.23. The number of amides is 1. The molecule has 7 nitrogen and oxygen atoms in total. The van der Waals surface area contributed by atoms with Crippen LogP contribution in [0, 0.1) is 0 Å². The molecule has 32 heavy (non-hydrogen) atoms. The summed E-state index contributed by atoms with van der Waals surface area (Å²) in [5.41, 5.74) is 2.66.